The fourth-order valence-corrected chi connectivity index (χ4v) is 2.73. The van der Waals surface area contributed by atoms with Crippen LogP contribution in [0.15, 0.2) is 48.7 Å². The van der Waals surface area contributed by atoms with Crippen molar-refractivity contribution in [2.75, 3.05) is 15.8 Å². The molecule has 0 spiro atoms. The number of nitrogens with two attached hydrogens (primary N) is 1. The van der Waals surface area contributed by atoms with Gasteiger partial charge in [0, 0.05) is 28.6 Å². The highest BCUT2D eigenvalue weighted by Crippen LogP contribution is 2.32. The van der Waals surface area contributed by atoms with Gasteiger partial charge >= 0.3 is 0 Å². The van der Waals surface area contributed by atoms with Crippen molar-refractivity contribution in [3.8, 4) is 0 Å². The molecule has 0 saturated heterocycles. The Morgan fingerprint density at radius 3 is 2.52 bits per heavy atom. The summed E-state index contributed by atoms with van der Waals surface area (Å²) in [5.74, 6) is 0. The van der Waals surface area contributed by atoms with Crippen LogP contribution in [0.25, 0.3) is 10.9 Å². The minimum atomic E-state index is -2.08. The molecule has 3 rings (SSSR count). The number of anilines is 4. The lowest BCUT2D eigenvalue weighted by molar-refractivity contribution is 0.570. The second kappa shape index (κ2) is 6.23. The maximum atomic E-state index is 10.7. The van der Waals surface area contributed by atoms with Gasteiger partial charge in [-0.05, 0) is 48.9 Å². The van der Waals surface area contributed by atoms with E-state index in [1.807, 2.05) is 37.3 Å². The molecular formula is C16H16N4O2S. The van der Waals surface area contributed by atoms with E-state index in [1.54, 1.807) is 18.3 Å². The minimum absolute atomic E-state index is 0.562. The molecule has 1 heterocycles. The molecule has 23 heavy (non-hydrogen) atoms. The van der Waals surface area contributed by atoms with Crippen LogP contribution in [0.2, 0.25) is 0 Å². The third-order valence-electron chi connectivity index (χ3n) is 3.48. The van der Waals surface area contributed by atoms with Crippen LogP contribution in [0.1, 0.15) is 5.56 Å². The van der Waals surface area contributed by atoms with Crippen molar-refractivity contribution < 1.29 is 8.76 Å². The predicted octanol–water partition coefficient (Wildman–Crippen LogP) is 3.42. The van der Waals surface area contributed by atoms with Crippen LogP contribution in [0.5, 0.6) is 0 Å². The van der Waals surface area contributed by atoms with Gasteiger partial charge in [-0.2, -0.15) is 0 Å². The number of hydrogen-bond donors (Lipinski definition) is 4. The highest BCUT2D eigenvalue weighted by molar-refractivity contribution is 7.80. The Morgan fingerprint density at radius 2 is 1.83 bits per heavy atom. The number of fused-ring (bicyclic) bond motifs is 1. The molecule has 0 aliphatic carbocycles. The van der Waals surface area contributed by atoms with Gasteiger partial charge in [0.25, 0.3) is 11.3 Å². The number of hydrogen-bond acceptors (Lipinski definition) is 4. The first-order valence-corrected chi connectivity index (χ1v) is 8.03. The Bertz CT molecular complexity index is 881. The Labute approximate surface area is 136 Å². The molecule has 1 unspecified atom stereocenters. The third kappa shape index (κ3) is 3.25. The van der Waals surface area contributed by atoms with E-state index in [2.05, 4.69) is 15.0 Å². The molecule has 0 amide bonds. The van der Waals surface area contributed by atoms with Crippen molar-refractivity contribution in [2.24, 2.45) is 0 Å². The maximum Gasteiger partial charge on any atom is 0.259 e. The van der Waals surface area contributed by atoms with Crippen LogP contribution in [-0.2, 0) is 11.3 Å². The van der Waals surface area contributed by atoms with Crippen molar-refractivity contribution in [2.45, 2.75) is 6.92 Å². The van der Waals surface area contributed by atoms with Crippen LogP contribution >= 0.6 is 0 Å². The topological polar surface area (TPSA) is 100 Å². The zero-order valence-electron chi connectivity index (χ0n) is 12.4. The van der Waals surface area contributed by atoms with E-state index in [0.29, 0.717) is 11.4 Å². The molecule has 7 heteroatoms. The Balaban J connectivity index is 1.98. The molecule has 118 valence electrons. The number of nitrogens with zero attached hydrogens (tertiary/aromatic N) is 1. The van der Waals surface area contributed by atoms with Gasteiger partial charge in [0.05, 0.1) is 11.2 Å². The summed E-state index contributed by atoms with van der Waals surface area (Å²) in [6.45, 7) is 1.96. The second-order valence-electron chi connectivity index (χ2n) is 5.11. The smallest absolute Gasteiger partial charge is 0.259 e. The van der Waals surface area contributed by atoms with Gasteiger partial charge in [-0.15, -0.1) is 0 Å². The number of rotatable bonds is 4. The van der Waals surface area contributed by atoms with Crippen LogP contribution in [0, 0.1) is 6.92 Å². The molecule has 0 bridgehead atoms. The Morgan fingerprint density at radius 1 is 1.13 bits per heavy atom. The monoisotopic (exact) mass is 328 g/mol. The minimum Gasteiger partial charge on any atom is -0.398 e. The molecule has 3 aromatic rings. The predicted molar refractivity (Wildman–Crippen MR) is 95.0 cm³/mol. The summed E-state index contributed by atoms with van der Waals surface area (Å²) in [4.78, 5) is 4.40. The molecular weight excluding hydrogens is 312 g/mol. The lowest BCUT2D eigenvalue weighted by atomic mass is 10.1. The normalized spacial score (nSPS) is 12.1. The van der Waals surface area contributed by atoms with E-state index >= 15 is 0 Å². The highest BCUT2D eigenvalue weighted by Gasteiger charge is 2.09. The summed E-state index contributed by atoms with van der Waals surface area (Å²) in [6, 6.07) is 12.7. The molecule has 0 saturated carbocycles. The van der Waals surface area contributed by atoms with E-state index in [1.165, 1.54) is 0 Å². The van der Waals surface area contributed by atoms with Gasteiger partial charge in [0.15, 0.2) is 0 Å². The van der Waals surface area contributed by atoms with Crippen LogP contribution in [0.3, 0.4) is 0 Å². The number of benzene rings is 2. The average Bonchev–Trinajstić information content (AvgIpc) is 2.51. The van der Waals surface area contributed by atoms with Gasteiger partial charge < -0.3 is 11.1 Å². The molecule has 0 radical (unpaired) electrons. The highest BCUT2D eigenvalue weighted by atomic mass is 32.2. The average molecular weight is 328 g/mol. The van der Waals surface area contributed by atoms with Crippen LogP contribution in [0.4, 0.5) is 22.7 Å². The summed E-state index contributed by atoms with van der Waals surface area (Å²) in [5.41, 5.74) is 10.9. The number of nitrogens with one attached hydrogen (secondary N) is 2. The molecule has 1 aromatic heterocycles. The van der Waals surface area contributed by atoms with Gasteiger partial charge in [-0.3, -0.25) is 14.3 Å². The first-order valence-electron chi connectivity index (χ1n) is 6.93. The number of pyridine rings is 1. The maximum absolute atomic E-state index is 10.7. The second-order valence-corrected chi connectivity index (χ2v) is 5.81. The number of nitrogen functional groups attached to an aromatic ring is 1. The first kappa shape index (κ1) is 15.3. The van der Waals surface area contributed by atoms with Gasteiger partial charge in [-0.25, -0.2) is 4.21 Å². The summed E-state index contributed by atoms with van der Waals surface area (Å²) >= 11 is -2.08. The molecule has 0 aliphatic rings. The van der Waals surface area contributed by atoms with Gasteiger partial charge in [0.1, 0.15) is 0 Å². The molecule has 5 N–H and O–H groups in total. The van der Waals surface area contributed by atoms with Crippen molar-refractivity contribution in [1.82, 2.24) is 4.98 Å². The molecule has 1 atom stereocenters. The van der Waals surface area contributed by atoms with Gasteiger partial charge in [0.2, 0.25) is 0 Å². The summed E-state index contributed by atoms with van der Waals surface area (Å²) < 4.78 is 22.0. The quantitative estimate of drug-likeness (QED) is 0.434. The molecule has 0 aliphatic heterocycles. The van der Waals surface area contributed by atoms with E-state index < -0.39 is 11.3 Å². The molecule has 0 fully saturated rings. The van der Waals surface area contributed by atoms with E-state index in [-0.39, 0.29) is 0 Å². The van der Waals surface area contributed by atoms with Gasteiger partial charge in [-0.1, -0.05) is 6.07 Å². The van der Waals surface area contributed by atoms with E-state index in [9.17, 15) is 4.21 Å². The van der Waals surface area contributed by atoms with Crippen LogP contribution in [-0.4, -0.2) is 13.7 Å². The van der Waals surface area contributed by atoms with E-state index in [4.69, 9.17) is 10.3 Å². The largest absolute Gasteiger partial charge is 0.398 e. The summed E-state index contributed by atoms with van der Waals surface area (Å²) in [7, 11) is 0. The van der Waals surface area contributed by atoms with Crippen molar-refractivity contribution in [3.05, 3.63) is 54.2 Å². The van der Waals surface area contributed by atoms with Crippen molar-refractivity contribution in [3.63, 3.8) is 0 Å². The van der Waals surface area contributed by atoms with Crippen molar-refractivity contribution >= 4 is 44.9 Å². The lowest BCUT2D eigenvalue weighted by Gasteiger charge is -2.14. The van der Waals surface area contributed by atoms with Crippen molar-refractivity contribution in [1.29, 1.82) is 0 Å². The zero-order valence-corrected chi connectivity index (χ0v) is 13.2. The summed E-state index contributed by atoms with van der Waals surface area (Å²) in [6.07, 6.45) is 1.80. The van der Waals surface area contributed by atoms with Crippen LogP contribution < -0.4 is 15.8 Å². The standard InChI is InChI=1S/C16H16N4O2S/c1-10-9-18-14-4-2-3-13(17)15(14)16(10)19-11-5-7-12(8-6-11)20-23(21)22/h2-9,20H,17H2,1H3,(H,18,19)(H,21,22). The number of aromatic nitrogens is 1. The summed E-state index contributed by atoms with van der Waals surface area (Å²) in [5, 5.41) is 4.23. The fraction of sp³-hybridized carbons (Fsp3) is 0.0625. The first-order chi connectivity index (χ1) is 11.0. The zero-order chi connectivity index (χ0) is 16.4. The molecule has 6 nitrogen and oxygen atoms in total. The Hall–Kier alpha value is -2.64. The molecule has 2 aromatic carbocycles. The SMILES string of the molecule is Cc1cnc2cccc(N)c2c1Nc1ccc(NS(=O)O)cc1. The lowest BCUT2D eigenvalue weighted by Crippen LogP contribution is -2.02. The third-order valence-corrected chi connectivity index (χ3v) is 3.89. The van der Waals surface area contributed by atoms with E-state index in [0.717, 1.165) is 27.8 Å². The fourth-order valence-electron chi connectivity index (χ4n) is 2.39. The number of aryl methyl sites for hydroxylation is 1. The Kier molecular flexibility index (Phi) is 4.14.